The largest absolute Gasteiger partial charge is 0.339 e. The average Bonchev–Trinajstić information content (AvgIpc) is 3.02. The van der Waals surface area contributed by atoms with Gasteiger partial charge in [0.05, 0.1) is 6.54 Å². The van der Waals surface area contributed by atoms with Gasteiger partial charge in [-0.3, -0.25) is 9.69 Å². The van der Waals surface area contributed by atoms with Crippen LogP contribution in [0.5, 0.6) is 0 Å². The summed E-state index contributed by atoms with van der Waals surface area (Å²) in [4.78, 5) is 20.5. The Bertz CT molecular complexity index is 523. The van der Waals surface area contributed by atoms with E-state index in [-0.39, 0.29) is 11.9 Å². The SMILES string of the molecule is C=CCN1CC[C@@H](N(Cc2noc(C3CC3)n2)C(C)=O)C1. The zero-order valence-electron chi connectivity index (χ0n) is 12.5. The molecule has 2 aliphatic rings. The maximum atomic E-state index is 12.0. The summed E-state index contributed by atoms with van der Waals surface area (Å²) in [5.74, 6) is 1.87. The molecule has 1 saturated carbocycles. The maximum absolute atomic E-state index is 12.0. The monoisotopic (exact) mass is 290 g/mol. The molecular formula is C15H22N4O2. The average molecular weight is 290 g/mol. The van der Waals surface area contributed by atoms with Crippen LogP contribution in [0.1, 0.15) is 43.8 Å². The Balaban J connectivity index is 1.63. The van der Waals surface area contributed by atoms with E-state index in [1.165, 1.54) is 0 Å². The summed E-state index contributed by atoms with van der Waals surface area (Å²) < 4.78 is 5.27. The summed E-state index contributed by atoms with van der Waals surface area (Å²) in [6, 6.07) is 0.227. The standard InChI is InChI=1S/C15H22N4O2/c1-3-7-18-8-6-13(9-18)19(11(2)20)10-14-16-15(21-17-14)12-4-5-12/h3,12-13H,1,4-10H2,2H3/t13-/m1/s1. The molecule has 0 N–H and O–H groups in total. The molecule has 6 heteroatoms. The van der Waals surface area contributed by atoms with Crippen molar-refractivity contribution < 1.29 is 9.32 Å². The lowest BCUT2D eigenvalue weighted by Crippen LogP contribution is -2.40. The van der Waals surface area contributed by atoms with E-state index in [9.17, 15) is 4.79 Å². The van der Waals surface area contributed by atoms with E-state index < -0.39 is 0 Å². The van der Waals surface area contributed by atoms with E-state index >= 15 is 0 Å². The highest BCUT2D eigenvalue weighted by atomic mass is 16.5. The number of carbonyl (C=O) groups is 1. The lowest BCUT2D eigenvalue weighted by atomic mass is 10.2. The van der Waals surface area contributed by atoms with Gasteiger partial charge in [0.25, 0.3) is 0 Å². The predicted octanol–water partition coefficient (Wildman–Crippen LogP) is 1.56. The van der Waals surface area contributed by atoms with E-state index in [4.69, 9.17) is 4.52 Å². The molecule has 0 radical (unpaired) electrons. The van der Waals surface area contributed by atoms with Crippen molar-refractivity contribution in [1.29, 1.82) is 0 Å². The fraction of sp³-hybridized carbons (Fsp3) is 0.667. The van der Waals surface area contributed by atoms with Crippen molar-refractivity contribution in [2.24, 2.45) is 0 Å². The van der Waals surface area contributed by atoms with Crippen LogP contribution in [0.15, 0.2) is 17.2 Å². The van der Waals surface area contributed by atoms with Crippen LogP contribution in [-0.2, 0) is 11.3 Å². The van der Waals surface area contributed by atoms with Crippen LogP contribution >= 0.6 is 0 Å². The minimum atomic E-state index is 0.0678. The summed E-state index contributed by atoms with van der Waals surface area (Å²) in [5.41, 5.74) is 0. The van der Waals surface area contributed by atoms with Crippen LogP contribution in [0, 0.1) is 0 Å². The van der Waals surface area contributed by atoms with Gasteiger partial charge in [0.2, 0.25) is 11.8 Å². The second-order valence-corrected chi connectivity index (χ2v) is 5.96. The number of hydrogen-bond acceptors (Lipinski definition) is 5. The van der Waals surface area contributed by atoms with Crippen LogP contribution in [0.25, 0.3) is 0 Å². The van der Waals surface area contributed by atoms with E-state index in [1.807, 2.05) is 11.0 Å². The smallest absolute Gasteiger partial charge is 0.229 e. The van der Waals surface area contributed by atoms with Crippen LogP contribution in [0.3, 0.4) is 0 Å². The van der Waals surface area contributed by atoms with E-state index in [2.05, 4.69) is 21.6 Å². The first-order valence-corrected chi connectivity index (χ1v) is 7.60. The molecule has 0 bridgehead atoms. The zero-order chi connectivity index (χ0) is 14.8. The maximum Gasteiger partial charge on any atom is 0.229 e. The van der Waals surface area contributed by atoms with Crippen LogP contribution < -0.4 is 0 Å². The number of carbonyl (C=O) groups excluding carboxylic acids is 1. The lowest BCUT2D eigenvalue weighted by Gasteiger charge is -2.26. The Morgan fingerprint density at radius 1 is 1.52 bits per heavy atom. The van der Waals surface area contributed by atoms with Crippen molar-refractivity contribution in [3.05, 3.63) is 24.4 Å². The molecule has 0 unspecified atom stereocenters. The second kappa shape index (κ2) is 5.97. The molecule has 2 heterocycles. The quantitative estimate of drug-likeness (QED) is 0.744. The molecule has 1 aromatic heterocycles. The fourth-order valence-corrected chi connectivity index (χ4v) is 2.89. The van der Waals surface area contributed by atoms with Gasteiger partial charge in [-0.1, -0.05) is 11.2 Å². The van der Waals surface area contributed by atoms with E-state index in [0.29, 0.717) is 18.3 Å². The second-order valence-electron chi connectivity index (χ2n) is 5.96. The molecule has 1 aliphatic heterocycles. The molecule has 1 aromatic rings. The van der Waals surface area contributed by atoms with Crippen molar-refractivity contribution in [2.45, 2.75) is 44.7 Å². The van der Waals surface area contributed by atoms with Gasteiger partial charge in [0.1, 0.15) is 0 Å². The minimum Gasteiger partial charge on any atom is -0.339 e. The molecule has 2 fully saturated rings. The number of aromatic nitrogens is 2. The van der Waals surface area contributed by atoms with Gasteiger partial charge < -0.3 is 9.42 Å². The Hall–Kier alpha value is -1.69. The first-order chi connectivity index (χ1) is 10.2. The highest BCUT2D eigenvalue weighted by Crippen LogP contribution is 2.38. The summed E-state index contributed by atoms with van der Waals surface area (Å²) in [6.45, 7) is 8.58. The van der Waals surface area contributed by atoms with Gasteiger partial charge in [-0.2, -0.15) is 4.98 Å². The molecule has 1 amide bonds. The van der Waals surface area contributed by atoms with Crippen LogP contribution in [0.4, 0.5) is 0 Å². The number of amides is 1. The minimum absolute atomic E-state index is 0.0678. The normalized spacial score (nSPS) is 22.4. The molecule has 1 aliphatic carbocycles. The predicted molar refractivity (Wildman–Crippen MR) is 77.5 cm³/mol. The summed E-state index contributed by atoms with van der Waals surface area (Å²) in [5, 5.41) is 4.02. The number of likely N-dealkylation sites (tertiary alicyclic amines) is 1. The third-order valence-electron chi connectivity index (χ3n) is 4.20. The number of hydrogen-bond donors (Lipinski definition) is 0. The van der Waals surface area contributed by atoms with Gasteiger partial charge in [-0.15, -0.1) is 6.58 Å². The summed E-state index contributed by atoms with van der Waals surface area (Å²) in [7, 11) is 0. The Labute approximate surface area is 124 Å². The summed E-state index contributed by atoms with van der Waals surface area (Å²) in [6.07, 6.45) is 5.16. The van der Waals surface area contributed by atoms with Crippen LogP contribution in [-0.4, -0.2) is 51.5 Å². The Kier molecular flexibility index (Phi) is 4.05. The van der Waals surface area contributed by atoms with Crippen molar-refractivity contribution in [1.82, 2.24) is 19.9 Å². The van der Waals surface area contributed by atoms with Crippen molar-refractivity contribution >= 4 is 5.91 Å². The van der Waals surface area contributed by atoms with Crippen molar-refractivity contribution in [3.8, 4) is 0 Å². The Morgan fingerprint density at radius 2 is 2.33 bits per heavy atom. The van der Waals surface area contributed by atoms with Gasteiger partial charge in [-0.25, -0.2) is 0 Å². The van der Waals surface area contributed by atoms with Crippen molar-refractivity contribution in [2.75, 3.05) is 19.6 Å². The zero-order valence-corrected chi connectivity index (χ0v) is 12.5. The number of nitrogens with zero attached hydrogens (tertiary/aromatic N) is 4. The molecule has 114 valence electrons. The molecule has 0 aromatic carbocycles. The van der Waals surface area contributed by atoms with E-state index in [1.54, 1.807) is 6.92 Å². The topological polar surface area (TPSA) is 62.5 Å². The highest BCUT2D eigenvalue weighted by Gasteiger charge is 2.32. The highest BCUT2D eigenvalue weighted by molar-refractivity contribution is 5.73. The van der Waals surface area contributed by atoms with Gasteiger partial charge in [0, 0.05) is 38.5 Å². The van der Waals surface area contributed by atoms with Crippen molar-refractivity contribution in [3.63, 3.8) is 0 Å². The Morgan fingerprint density at radius 3 is 3.00 bits per heavy atom. The van der Waals surface area contributed by atoms with Gasteiger partial charge >= 0.3 is 0 Å². The van der Waals surface area contributed by atoms with Gasteiger partial charge in [-0.05, 0) is 19.3 Å². The van der Waals surface area contributed by atoms with Crippen LogP contribution in [0.2, 0.25) is 0 Å². The number of rotatable bonds is 6. The molecule has 3 rings (SSSR count). The molecular weight excluding hydrogens is 268 g/mol. The lowest BCUT2D eigenvalue weighted by molar-refractivity contribution is -0.131. The first kappa shape index (κ1) is 14.3. The van der Waals surface area contributed by atoms with Gasteiger partial charge in [0.15, 0.2) is 5.82 Å². The molecule has 21 heavy (non-hydrogen) atoms. The third-order valence-corrected chi connectivity index (χ3v) is 4.20. The molecule has 1 atom stereocenters. The first-order valence-electron chi connectivity index (χ1n) is 7.60. The third kappa shape index (κ3) is 3.32. The molecule has 0 spiro atoms. The molecule has 1 saturated heterocycles. The van der Waals surface area contributed by atoms with E-state index in [0.717, 1.165) is 44.8 Å². The molecule has 6 nitrogen and oxygen atoms in total. The fourth-order valence-electron chi connectivity index (χ4n) is 2.89. The summed E-state index contributed by atoms with van der Waals surface area (Å²) >= 11 is 0.